The van der Waals surface area contributed by atoms with Crippen LogP contribution >= 0.6 is 0 Å². The first kappa shape index (κ1) is 34.0. The summed E-state index contributed by atoms with van der Waals surface area (Å²) in [5, 5.41) is 29.8. The van der Waals surface area contributed by atoms with Gasteiger partial charge in [0.05, 0.1) is 6.04 Å². The number of nitrogens with one attached hydrogen (secondary N) is 2. The third kappa shape index (κ3) is 9.35. The summed E-state index contributed by atoms with van der Waals surface area (Å²) in [5.74, 6) is 0.431. The number of nitrogens with zero attached hydrogens (tertiary/aromatic N) is 2. The predicted octanol–water partition coefficient (Wildman–Crippen LogP) is 6.97. The highest BCUT2D eigenvalue weighted by atomic mass is 16.4. The number of hydrogen-bond donors (Lipinski definition) is 5. The fraction of sp³-hybridized carbons (Fsp3) is 0.447. The lowest BCUT2D eigenvalue weighted by molar-refractivity contribution is -0.131. The van der Waals surface area contributed by atoms with Crippen LogP contribution in [0.15, 0.2) is 77.4 Å². The number of allylic oxidation sites excluding steroid dienone is 1. The molecule has 3 aromatic rings. The van der Waals surface area contributed by atoms with Crippen molar-refractivity contribution in [2.24, 2.45) is 22.6 Å². The number of carbonyl (C=O) groups excluding carboxylic acids is 1. The van der Waals surface area contributed by atoms with Crippen molar-refractivity contribution in [3.05, 3.63) is 88.9 Å². The van der Waals surface area contributed by atoms with Gasteiger partial charge in [0.1, 0.15) is 6.29 Å². The van der Waals surface area contributed by atoms with Crippen LogP contribution in [-0.2, 0) is 9.59 Å². The molecular formula is C38H48N5O4-. The SMILES string of the molecule is NC1=NCC[C@@H](/C(=C\C(=O)O)[C@H](C[C@H]2C=Cc3cc4ccccc4cc3[C@@H]2CCCCCC[C@H](C=O)CCCO)[N-]c2ccc[nH]2)N1. The Hall–Kier alpha value is -4.37. The van der Waals surface area contributed by atoms with Gasteiger partial charge in [-0.05, 0) is 89.9 Å². The molecule has 1 aliphatic carbocycles. The van der Waals surface area contributed by atoms with E-state index in [0.29, 0.717) is 43.2 Å². The molecule has 0 unspecified atom stereocenters. The maximum Gasteiger partial charge on any atom is 0.328 e. The number of carbonyl (C=O) groups is 2. The lowest BCUT2D eigenvalue weighted by Gasteiger charge is -2.39. The minimum atomic E-state index is -1.00. The van der Waals surface area contributed by atoms with Crippen molar-refractivity contribution in [2.75, 3.05) is 13.2 Å². The largest absolute Gasteiger partial charge is 0.478 e. The van der Waals surface area contributed by atoms with E-state index in [1.54, 1.807) is 0 Å². The number of rotatable bonds is 18. The smallest absolute Gasteiger partial charge is 0.328 e. The molecule has 250 valence electrons. The molecule has 2 heterocycles. The Balaban J connectivity index is 1.38. The first-order valence-electron chi connectivity index (χ1n) is 17.1. The quantitative estimate of drug-likeness (QED) is 0.0576. The highest BCUT2D eigenvalue weighted by molar-refractivity contribution is 5.87. The molecule has 9 nitrogen and oxygen atoms in total. The number of carboxylic acids is 1. The fourth-order valence-electron chi connectivity index (χ4n) is 7.23. The average molecular weight is 639 g/mol. The van der Waals surface area contributed by atoms with Crippen molar-refractivity contribution in [1.29, 1.82) is 0 Å². The number of benzene rings is 2. The number of H-pyrrole nitrogens is 1. The molecule has 1 aliphatic heterocycles. The number of hydrogen-bond acceptors (Lipinski definition) is 6. The second-order valence-corrected chi connectivity index (χ2v) is 12.9. The Kier molecular flexibility index (Phi) is 12.3. The number of aromatic amines is 1. The van der Waals surface area contributed by atoms with E-state index in [-0.39, 0.29) is 30.4 Å². The lowest BCUT2D eigenvalue weighted by Crippen LogP contribution is -2.47. The van der Waals surface area contributed by atoms with Gasteiger partial charge in [-0.2, -0.15) is 0 Å². The number of aldehydes is 1. The molecular weight excluding hydrogens is 590 g/mol. The van der Waals surface area contributed by atoms with Gasteiger partial charge in [-0.1, -0.05) is 92.3 Å². The summed E-state index contributed by atoms with van der Waals surface area (Å²) in [6, 6.07) is 16.2. The number of unbranched alkanes of at least 4 members (excludes halogenated alkanes) is 3. The lowest BCUT2D eigenvalue weighted by atomic mass is 9.72. The van der Waals surface area contributed by atoms with E-state index in [1.165, 1.54) is 28.0 Å². The molecule has 0 bridgehead atoms. The topological polar surface area (TPSA) is 155 Å². The standard InChI is InChI=1S/C38H48N5O4/c39-38-41-19-17-34(43-38)33(24-37(46)47)35(42-36-14-7-18-40-36)23-30-16-15-29-21-27-11-5-6-12-28(27)22-32(29)31(30)13-4-2-1-3-9-26(25-45)10-8-20-44/h5-7,11-12,14-16,18,21-22,24-26,30-31,34-35,40,44H,1-4,8-10,13,17,19-20,23H2,(H,46,47)(H3,39,41,43)/q-1/b33-24+/t26-,30+,31+,34-,35-/m0/s1. The van der Waals surface area contributed by atoms with Crippen LogP contribution in [0, 0.1) is 11.8 Å². The summed E-state index contributed by atoms with van der Waals surface area (Å²) < 4.78 is 0. The summed E-state index contributed by atoms with van der Waals surface area (Å²) in [4.78, 5) is 31.1. The average Bonchev–Trinajstić information content (AvgIpc) is 3.59. The van der Waals surface area contributed by atoms with Crippen LogP contribution in [0.2, 0.25) is 0 Å². The summed E-state index contributed by atoms with van der Waals surface area (Å²) in [6.07, 6.45) is 17.5. The van der Waals surface area contributed by atoms with Crippen LogP contribution in [0.4, 0.5) is 5.82 Å². The summed E-state index contributed by atoms with van der Waals surface area (Å²) in [6.45, 7) is 0.654. The molecule has 47 heavy (non-hydrogen) atoms. The Morgan fingerprint density at radius 2 is 1.85 bits per heavy atom. The number of nitrogens with two attached hydrogens (primary N) is 1. The van der Waals surface area contributed by atoms with Crippen LogP contribution in [0.3, 0.4) is 0 Å². The van der Waals surface area contributed by atoms with E-state index >= 15 is 0 Å². The van der Waals surface area contributed by atoms with Crippen LogP contribution in [0.5, 0.6) is 0 Å². The Labute approximate surface area is 277 Å². The molecule has 0 amide bonds. The zero-order valence-corrected chi connectivity index (χ0v) is 27.1. The molecule has 0 saturated carbocycles. The molecule has 6 N–H and O–H groups in total. The zero-order valence-electron chi connectivity index (χ0n) is 27.1. The van der Waals surface area contributed by atoms with Gasteiger partial charge in [0, 0.05) is 25.1 Å². The molecule has 5 rings (SSSR count). The van der Waals surface area contributed by atoms with Gasteiger partial charge < -0.3 is 36.4 Å². The predicted molar refractivity (Wildman–Crippen MR) is 189 cm³/mol. The molecule has 0 saturated heterocycles. The van der Waals surface area contributed by atoms with Crippen LogP contribution < -0.4 is 11.1 Å². The van der Waals surface area contributed by atoms with E-state index in [2.05, 4.69) is 63.8 Å². The summed E-state index contributed by atoms with van der Waals surface area (Å²) in [5.41, 5.74) is 9.33. The third-order valence-corrected chi connectivity index (χ3v) is 9.63. The maximum absolute atomic E-state index is 12.2. The van der Waals surface area contributed by atoms with E-state index < -0.39 is 12.0 Å². The molecule has 2 aliphatic rings. The third-order valence-electron chi connectivity index (χ3n) is 9.63. The van der Waals surface area contributed by atoms with Gasteiger partial charge >= 0.3 is 5.97 Å². The van der Waals surface area contributed by atoms with Gasteiger partial charge in [-0.3, -0.25) is 4.99 Å². The number of fused-ring (bicyclic) bond motifs is 2. The Morgan fingerprint density at radius 3 is 2.57 bits per heavy atom. The first-order chi connectivity index (χ1) is 22.9. The molecule has 9 heteroatoms. The highest BCUT2D eigenvalue weighted by Crippen LogP contribution is 2.44. The number of guanidine groups is 1. The summed E-state index contributed by atoms with van der Waals surface area (Å²) in [7, 11) is 0. The maximum atomic E-state index is 12.2. The normalized spacial score (nSPS) is 20.6. The van der Waals surface area contributed by atoms with Crippen molar-refractivity contribution in [3.8, 4) is 0 Å². The van der Waals surface area contributed by atoms with E-state index in [0.717, 1.165) is 51.2 Å². The van der Waals surface area contributed by atoms with Crippen LogP contribution in [0.1, 0.15) is 81.3 Å². The minimum absolute atomic E-state index is 0.0313. The number of aromatic nitrogens is 1. The summed E-state index contributed by atoms with van der Waals surface area (Å²) >= 11 is 0. The van der Waals surface area contributed by atoms with Gasteiger partial charge in [0.25, 0.3) is 0 Å². The second-order valence-electron chi connectivity index (χ2n) is 12.9. The van der Waals surface area contributed by atoms with Gasteiger partial charge in [-0.25, -0.2) is 4.79 Å². The zero-order chi connectivity index (χ0) is 33.0. The number of carboxylic acid groups (broad SMARTS) is 1. The van der Waals surface area contributed by atoms with Crippen LogP contribution in [0.25, 0.3) is 22.2 Å². The van der Waals surface area contributed by atoms with E-state index in [9.17, 15) is 14.7 Å². The monoisotopic (exact) mass is 638 g/mol. The number of aliphatic carboxylic acids is 1. The first-order valence-corrected chi connectivity index (χ1v) is 17.1. The fourth-order valence-corrected chi connectivity index (χ4v) is 7.23. The van der Waals surface area contributed by atoms with Crippen molar-refractivity contribution in [1.82, 2.24) is 10.3 Å². The number of aliphatic hydroxyl groups is 1. The minimum Gasteiger partial charge on any atom is -0.478 e. The number of aliphatic hydroxyl groups excluding tert-OH is 1. The van der Waals surface area contributed by atoms with Crippen LogP contribution in [-0.4, -0.2) is 58.6 Å². The Bertz CT molecular complexity index is 1560. The number of aliphatic imine (C=N–C) groups is 1. The second kappa shape index (κ2) is 17.0. The molecule has 2 aromatic carbocycles. The van der Waals surface area contributed by atoms with Crippen molar-refractivity contribution in [2.45, 2.75) is 82.2 Å². The van der Waals surface area contributed by atoms with E-state index in [4.69, 9.17) is 16.2 Å². The van der Waals surface area contributed by atoms with Crippen molar-refractivity contribution < 1.29 is 19.8 Å². The molecule has 5 atom stereocenters. The van der Waals surface area contributed by atoms with Gasteiger partial charge in [0.2, 0.25) is 0 Å². The van der Waals surface area contributed by atoms with Gasteiger partial charge in [0.15, 0.2) is 5.96 Å². The van der Waals surface area contributed by atoms with Gasteiger partial charge in [-0.15, -0.1) is 0 Å². The molecule has 1 aromatic heterocycles. The molecule has 0 radical (unpaired) electrons. The van der Waals surface area contributed by atoms with Crippen molar-refractivity contribution in [3.63, 3.8) is 0 Å². The van der Waals surface area contributed by atoms with Crippen molar-refractivity contribution >= 4 is 40.9 Å². The highest BCUT2D eigenvalue weighted by Gasteiger charge is 2.31. The van der Waals surface area contributed by atoms with E-state index in [1.807, 2.05) is 18.3 Å². The molecule has 0 fully saturated rings. The Morgan fingerprint density at radius 1 is 1.06 bits per heavy atom. The molecule has 0 spiro atoms.